The van der Waals surface area contributed by atoms with Crippen molar-refractivity contribution in [3.63, 3.8) is 0 Å². The van der Waals surface area contributed by atoms with Crippen molar-refractivity contribution >= 4 is 45.5 Å². The number of H-pyrrole nitrogens is 1. The lowest BCUT2D eigenvalue weighted by atomic mass is 9.84. The number of halogens is 4. The minimum absolute atomic E-state index is 0.0143. The van der Waals surface area contributed by atoms with Gasteiger partial charge in [-0.05, 0) is 66.8 Å². The Morgan fingerprint density at radius 3 is 2.64 bits per heavy atom. The summed E-state index contributed by atoms with van der Waals surface area (Å²) in [6, 6.07) is 10.2. The summed E-state index contributed by atoms with van der Waals surface area (Å²) < 4.78 is 53.0. The second kappa shape index (κ2) is 8.36. The lowest BCUT2D eigenvalue weighted by Crippen LogP contribution is -2.26. The third-order valence-corrected chi connectivity index (χ3v) is 7.37. The van der Waals surface area contributed by atoms with Crippen LogP contribution in [-0.2, 0) is 22.9 Å². The van der Waals surface area contributed by atoms with Gasteiger partial charge in [0.25, 0.3) is 5.91 Å². The van der Waals surface area contributed by atoms with E-state index in [1.54, 1.807) is 35.4 Å². The fourth-order valence-electron chi connectivity index (χ4n) is 4.54. The van der Waals surface area contributed by atoms with Gasteiger partial charge in [0.15, 0.2) is 0 Å². The molecule has 3 heterocycles. The Labute approximate surface area is 207 Å². The van der Waals surface area contributed by atoms with Crippen molar-refractivity contribution < 1.29 is 27.2 Å². The molecule has 0 aliphatic carbocycles. The molecule has 4 aromatic rings. The molecule has 0 atom stereocenters. The number of fused-ring (bicyclic) bond motifs is 2. The summed E-state index contributed by atoms with van der Waals surface area (Å²) >= 11 is 0.589. The van der Waals surface area contributed by atoms with Gasteiger partial charge < -0.3 is 15.2 Å². The van der Waals surface area contributed by atoms with Gasteiger partial charge in [0.05, 0.1) is 5.69 Å². The fraction of sp³-hybridized carbons (Fsp3) is 0.192. The van der Waals surface area contributed by atoms with E-state index in [2.05, 4.69) is 10.3 Å². The largest absolute Gasteiger partial charge is 0.425 e. The van der Waals surface area contributed by atoms with Crippen molar-refractivity contribution in [3.05, 3.63) is 87.1 Å². The standard InChI is InChI=1S/C26H19F4N3O2S/c1-25(2)18-5-3-15(24(35)32-20-10-31-19-6-4-16(27)9-17(19)20)8-21(18)33(22(25)12-34)11-14-7-23(36-13-14)26(28,29)30/h3-10,13,31H,11H2,1-2H3,(H,32,35). The van der Waals surface area contributed by atoms with Crippen LogP contribution in [0.1, 0.15) is 40.2 Å². The lowest BCUT2D eigenvalue weighted by Gasteiger charge is -2.23. The van der Waals surface area contributed by atoms with E-state index >= 15 is 0 Å². The smallest absolute Gasteiger partial charge is 0.359 e. The SMILES string of the molecule is CC1(C)C(=C=O)N(Cc2csc(C(F)(F)F)c2)c2cc(C(=O)Nc3c[nH]c4ccc(F)cc34)ccc21. The Kier molecular flexibility index (Phi) is 5.54. The van der Waals surface area contributed by atoms with Crippen molar-refractivity contribution in [2.75, 3.05) is 10.2 Å². The van der Waals surface area contributed by atoms with Crippen molar-refractivity contribution in [2.24, 2.45) is 0 Å². The first-order valence-corrected chi connectivity index (χ1v) is 11.8. The number of nitrogens with one attached hydrogen (secondary N) is 2. The molecule has 2 aromatic heterocycles. The first kappa shape index (κ1) is 23.8. The Hall–Kier alpha value is -3.88. The summed E-state index contributed by atoms with van der Waals surface area (Å²) in [5, 5.41) is 4.68. The number of carbonyl (C=O) groups is 1. The zero-order valence-electron chi connectivity index (χ0n) is 19.1. The Bertz CT molecular complexity index is 1560. The normalized spacial score (nSPS) is 14.7. The third-order valence-electron chi connectivity index (χ3n) is 6.35. The van der Waals surface area contributed by atoms with Gasteiger partial charge in [0.1, 0.15) is 22.3 Å². The maximum atomic E-state index is 13.7. The van der Waals surface area contributed by atoms with Crippen LogP contribution < -0.4 is 10.2 Å². The van der Waals surface area contributed by atoms with E-state index in [1.165, 1.54) is 17.5 Å². The molecule has 5 nitrogen and oxygen atoms in total. The van der Waals surface area contributed by atoms with Crippen LogP contribution in [0, 0.1) is 5.82 Å². The fourth-order valence-corrected chi connectivity index (χ4v) is 5.31. The van der Waals surface area contributed by atoms with Gasteiger partial charge in [-0.2, -0.15) is 13.2 Å². The molecule has 2 aromatic carbocycles. The molecule has 1 aliphatic rings. The number of nitrogens with zero attached hydrogens (tertiary/aromatic N) is 1. The number of amides is 1. The van der Waals surface area contributed by atoms with Crippen LogP contribution in [0.5, 0.6) is 0 Å². The minimum Gasteiger partial charge on any atom is -0.359 e. The van der Waals surface area contributed by atoms with Crippen LogP contribution in [0.15, 0.2) is 59.7 Å². The van der Waals surface area contributed by atoms with Gasteiger partial charge in [0.2, 0.25) is 0 Å². The van der Waals surface area contributed by atoms with Crippen LogP contribution in [0.4, 0.5) is 28.9 Å². The second-order valence-corrected chi connectivity index (χ2v) is 9.97. The molecule has 0 unspecified atom stereocenters. The predicted octanol–water partition coefficient (Wildman–Crippen LogP) is 6.65. The van der Waals surface area contributed by atoms with E-state index in [4.69, 9.17) is 0 Å². The number of allylic oxidation sites excluding steroid dienone is 1. The highest BCUT2D eigenvalue weighted by Gasteiger charge is 2.42. The van der Waals surface area contributed by atoms with Crippen LogP contribution in [0.3, 0.4) is 0 Å². The maximum Gasteiger partial charge on any atom is 0.425 e. The number of aromatic amines is 1. The molecular weight excluding hydrogens is 494 g/mol. The molecule has 36 heavy (non-hydrogen) atoms. The first-order valence-electron chi connectivity index (χ1n) is 10.9. The number of aromatic nitrogens is 1. The van der Waals surface area contributed by atoms with Crippen molar-refractivity contribution in [1.82, 2.24) is 4.98 Å². The molecule has 0 saturated heterocycles. The van der Waals surface area contributed by atoms with Crippen LogP contribution in [-0.4, -0.2) is 16.8 Å². The van der Waals surface area contributed by atoms with Gasteiger partial charge in [-0.25, -0.2) is 9.18 Å². The molecule has 0 bridgehead atoms. The summed E-state index contributed by atoms with van der Waals surface area (Å²) in [6.45, 7) is 3.66. The zero-order valence-corrected chi connectivity index (χ0v) is 19.9. The number of carbonyl (C=O) groups excluding carboxylic acids is 2. The Balaban J connectivity index is 1.49. The molecule has 1 aliphatic heterocycles. The van der Waals surface area contributed by atoms with Gasteiger partial charge >= 0.3 is 6.18 Å². The number of hydrogen-bond donors (Lipinski definition) is 2. The zero-order chi connectivity index (χ0) is 25.8. The van der Waals surface area contributed by atoms with Crippen molar-refractivity contribution in [1.29, 1.82) is 0 Å². The molecule has 184 valence electrons. The van der Waals surface area contributed by atoms with Gasteiger partial charge in [0, 0.05) is 40.3 Å². The quantitative estimate of drug-likeness (QED) is 0.237. The minimum atomic E-state index is -4.45. The Morgan fingerprint density at radius 2 is 1.94 bits per heavy atom. The first-order chi connectivity index (χ1) is 17.0. The number of rotatable bonds is 4. The summed E-state index contributed by atoms with van der Waals surface area (Å²) in [4.78, 5) is 28.9. The maximum absolute atomic E-state index is 13.7. The van der Waals surface area contributed by atoms with Gasteiger partial charge in [-0.1, -0.05) is 6.07 Å². The van der Waals surface area contributed by atoms with Crippen molar-refractivity contribution in [2.45, 2.75) is 32.0 Å². The number of thiophene rings is 1. The highest BCUT2D eigenvalue weighted by atomic mass is 32.1. The summed E-state index contributed by atoms with van der Waals surface area (Å²) in [5.74, 6) is 1.05. The predicted molar refractivity (Wildman–Crippen MR) is 130 cm³/mol. The molecule has 0 fully saturated rings. The van der Waals surface area contributed by atoms with E-state index in [9.17, 15) is 27.2 Å². The molecule has 0 saturated carbocycles. The molecule has 5 rings (SSSR count). The molecule has 2 N–H and O–H groups in total. The Morgan fingerprint density at radius 1 is 1.17 bits per heavy atom. The van der Waals surface area contributed by atoms with E-state index in [0.29, 0.717) is 39.2 Å². The average molecular weight is 514 g/mol. The molecule has 10 heteroatoms. The number of alkyl halides is 3. The highest BCUT2D eigenvalue weighted by molar-refractivity contribution is 7.10. The number of benzene rings is 2. The molecule has 0 radical (unpaired) electrons. The van der Waals surface area contributed by atoms with Crippen LogP contribution >= 0.6 is 11.3 Å². The number of anilines is 2. The van der Waals surface area contributed by atoms with Crippen LogP contribution in [0.2, 0.25) is 0 Å². The highest BCUT2D eigenvalue weighted by Crippen LogP contribution is 2.48. The van der Waals surface area contributed by atoms with E-state index in [-0.39, 0.29) is 17.8 Å². The summed E-state index contributed by atoms with van der Waals surface area (Å²) in [7, 11) is 0. The van der Waals surface area contributed by atoms with Crippen molar-refractivity contribution in [3.8, 4) is 0 Å². The van der Waals surface area contributed by atoms with Crippen LogP contribution in [0.25, 0.3) is 10.9 Å². The van der Waals surface area contributed by atoms with Gasteiger partial charge in [-0.3, -0.25) is 4.79 Å². The molecule has 0 spiro atoms. The monoisotopic (exact) mass is 513 g/mol. The number of hydrogen-bond acceptors (Lipinski definition) is 4. The van der Waals surface area contributed by atoms with E-state index < -0.39 is 28.2 Å². The third kappa shape index (κ3) is 3.98. The molecular formula is C26H19F4N3O2S. The lowest BCUT2D eigenvalue weighted by molar-refractivity contribution is -0.134. The van der Waals surface area contributed by atoms with Gasteiger partial charge in [-0.15, -0.1) is 11.3 Å². The molecule has 1 amide bonds. The average Bonchev–Trinajstić information content (AvgIpc) is 3.50. The topological polar surface area (TPSA) is 65.2 Å². The summed E-state index contributed by atoms with van der Waals surface area (Å²) in [5.41, 5.74) is 2.51. The summed E-state index contributed by atoms with van der Waals surface area (Å²) in [6.07, 6.45) is -2.89. The second-order valence-electron chi connectivity index (χ2n) is 9.06. The van der Waals surface area contributed by atoms with E-state index in [1.807, 2.05) is 19.8 Å². The van der Waals surface area contributed by atoms with E-state index in [0.717, 1.165) is 11.6 Å².